The molecule has 2 rings (SSSR count). The van der Waals surface area contributed by atoms with E-state index in [1.807, 2.05) is 24.3 Å². The van der Waals surface area contributed by atoms with Crippen LogP contribution in [0.4, 0.5) is 0 Å². The fourth-order valence-electron chi connectivity index (χ4n) is 3.01. The Morgan fingerprint density at radius 3 is 2.33 bits per heavy atom. The molecule has 0 spiro atoms. The highest BCUT2D eigenvalue weighted by Gasteiger charge is 2.25. The van der Waals surface area contributed by atoms with Crippen LogP contribution in [0.15, 0.2) is 24.3 Å². The zero-order valence-corrected chi connectivity index (χ0v) is 11.9. The van der Waals surface area contributed by atoms with Crippen molar-refractivity contribution in [2.24, 2.45) is 11.8 Å². The molecule has 1 N–H and O–H groups in total. The average Bonchev–Trinajstić information content (AvgIpc) is 2.41. The molecule has 1 fully saturated rings. The van der Waals surface area contributed by atoms with Gasteiger partial charge in [-0.05, 0) is 48.8 Å². The van der Waals surface area contributed by atoms with E-state index in [2.05, 4.69) is 6.92 Å². The van der Waals surface area contributed by atoms with E-state index in [4.69, 9.17) is 11.6 Å². The molecule has 0 saturated heterocycles. The summed E-state index contributed by atoms with van der Waals surface area (Å²) in [6, 6.07) is 7.83. The van der Waals surface area contributed by atoms with E-state index < -0.39 is 0 Å². The van der Waals surface area contributed by atoms with Crippen molar-refractivity contribution >= 4 is 11.6 Å². The Morgan fingerprint density at radius 2 is 1.78 bits per heavy atom. The van der Waals surface area contributed by atoms with Crippen LogP contribution in [0.5, 0.6) is 0 Å². The number of benzene rings is 1. The van der Waals surface area contributed by atoms with Gasteiger partial charge in [-0.25, -0.2) is 0 Å². The summed E-state index contributed by atoms with van der Waals surface area (Å²) in [6.45, 7) is 2.27. The van der Waals surface area contributed by atoms with Crippen LogP contribution < -0.4 is 0 Å². The van der Waals surface area contributed by atoms with Gasteiger partial charge in [0.05, 0.1) is 6.10 Å². The second kappa shape index (κ2) is 6.58. The second-order valence-electron chi connectivity index (χ2n) is 5.59. The third-order valence-electron chi connectivity index (χ3n) is 4.37. The highest BCUT2D eigenvalue weighted by atomic mass is 35.5. The Balaban J connectivity index is 1.85. The van der Waals surface area contributed by atoms with E-state index in [9.17, 15) is 5.11 Å². The van der Waals surface area contributed by atoms with Crippen LogP contribution in [-0.4, -0.2) is 11.2 Å². The average molecular weight is 267 g/mol. The summed E-state index contributed by atoms with van der Waals surface area (Å²) in [5, 5.41) is 11.1. The Hall–Kier alpha value is -0.530. The molecular weight excluding hydrogens is 244 g/mol. The number of aliphatic hydroxyl groups is 1. The quantitative estimate of drug-likeness (QED) is 0.853. The minimum absolute atomic E-state index is 0.191. The van der Waals surface area contributed by atoms with Gasteiger partial charge in [-0.2, -0.15) is 0 Å². The van der Waals surface area contributed by atoms with E-state index in [1.165, 1.54) is 37.7 Å². The van der Waals surface area contributed by atoms with Gasteiger partial charge < -0.3 is 5.11 Å². The minimum atomic E-state index is -0.191. The van der Waals surface area contributed by atoms with Gasteiger partial charge >= 0.3 is 0 Å². The standard InChI is InChI=1S/C16H23ClO/c1-2-12-3-7-14(8-4-12)16(18)11-13-5-9-15(17)10-6-13/h5-6,9-10,12,14,16,18H,2-4,7-8,11H2,1H3. The van der Waals surface area contributed by atoms with Crippen LogP contribution in [0.1, 0.15) is 44.6 Å². The first kappa shape index (κ1) is 13.9. The van der Waals surface area contributed by atoms with Gasteiger partial charge in [0.2, 0.25) is 0 Å². The first-order valence-corrected chi connectivity index (χ1v) is 7.49. The van der Waals surface area contributed by atoms with Crippen molar-refractivity contribution < 1.29 is 5.11 Å². The molecule has 0 heterocycles. The fraction of sp³-hybridized carbons (Fsp3) is 0.625. The summed E-state index contributed by atoms with van der Waals surface area (Å²) in [6.07, 6.45) is 6.82. The van der Waals surface area contributed by atoms with Gasteiger partial charge in [-0.1, -0.05) is 49.9 Å². The molecule has 0 radical (unpaired) electrons. The zero-order valence-electron chi connectivity index (χ0n) is 11.1. The third kappa shape index (κ3) is 3.73. The van der Waals surface area contributed by atoms with E-state index >= 15 is 0 Å². The van der Waals surface area contributed by atoms with Gasteiger partial charge in [-0.15, -0.1) is 0 Å². The van der Waals surface area contributed by atoms with Crippen LogP contribution in [0.25, 0.3) is 0 Å². The van der Waals surface area contributed by atoms with E-state index in [1.54, 1.807) is 0 Å². The van der Waals surface area contributed by atoms with Crippen molar-refractivity contribution in [1.29, 1.82) is 0 Å². The van der Waals surface area contributed by atoms with Crippen molar-refractivity contribution in [3.63, 3.8) is 0 Å². The monoisotopic (exact) mass is 266 g/mol. The summed E-state index contributed by atoms with van der Waals surface area (Å²) in [4.78, 5) is 0. The maximum Gasteiger partial charge on any atom is 0.0608 e. The molecule has 1 saturated carbocycles. The van der Waals surface area contributed by atoms with Crippen LogP contribution in [0, 0.1) is 11.8 Å². The number of hydrogen-bond acceptors (Lipinski definition) is 1. The lowest BCUT2D eigenvalue weighted by Gasteiger charge is -2.31. The predicted molar refractivity (Wildman–Crippen MR) is 76.9 cm³/mol. The first-order chi connectivity index (χ1) is 8.69. The van der Waals surface area contributed by atoms with Crippen LogP contribution in [0.2, 0.25) is 5.02 Å². The molecule has 0 amide bonds. The SMILES string of the molecule is CCC1CCC(C(O)Cc2ccc(Cl)cc2)CC1. The molecule has 1 aromatic carbocycles. The molecule has 1 nitrogen and oxygen atoms in total. The number of halogens is 1. The molecule has 100 valence electrons. The van der Waals surface area contributed by atoms with E-state index in [-0.39, 0.29) is 6.10 Å². The van der Waals surface area contributed by atoms with Gasteiger partial charge in [0.1, 0.15) is 0 Å². The molecule has 2 heteroatoms. The summed E-state index contributed by atoms with van der Waals surface area (Å²) in [5.41, 5.74) is 1.18. The van der Waals surface area contributed by atoms with Crippen molar-refractivity contribution in [3.05, 3.63) is 34.9 Å². The lowest BCUT2D eigenvalue weighted by molar-refractivity contribution is 0.0735. The molecule has 1 atom stereocenters. The Morgan fingerprint density at radius 1 is 1.17 bits per heavy atom. The normalized spacial score (nSPS) is 25.9. The Kier molecular flexibility index (Phi) is 5.08. The first-order valence-electron chi connectivity index (χ1n) is 7.11. The molecule has 0 bridgehead atoms. The molecule has 1 aliphatic rings. The predicted octanol–water partition coefficient (Wildman–Crippen LogP) is 4.46. The fourth-order valence-corrected chi connectivity index (χ4v) is 3.14. The minimum Gasteiger partial charge on any atom is -0.392 e. The molecule has 18 heavy (non-hydrogen) atoms. The second-order valence-corrected chi connectivity index (χ2v) is 6.02. The number of hydrogen-bond donors (Lipinski definition) is 1. The van der Waals surface area contributed by atoms with Crippen LogP contribution in [0.3, 0.4) is 0 Å². The lowest BCUT2D eigenvalue weighted by Crippen LogP contribution is -2.27. The maximum absolute atomic E-state index is 10.3. The Labute approximate surface area is 115 Å². The van der Waals surface area contributed by atoms with Crippen molar-refractivity contribution in [3.8, 4) is 0 Å². The van der Waals surface area contributed by atoms with E-state index in [0.717, 1.165) is 17.4 Å². The van der Waals surface area contributed by atoms with Gasteiger partial charge in [0.25, 0.3) is 0 Å². The van der Waals surface area contributed by atoms with Gasteiger partial charge in [0, 0.05) is 5.02 Å². The molecule has 1 aliphatic carbocycles. The summed E-state index contributed by atoms with van der Waals surface area (Å²) >= 11 is 5.87. The van der Waals surface area contributed by atoms with Crippen molar-refractivity contribution in [1.82, 2.24) is 0 Å². The summed E-state index contributed by atoms with van der Waals surface area (Å²) in [5.74, 6) is 1.38. The van der Waals surface area contributed by atoms with Crippen molar-refractivity contribution in [2.45, 2.75) is 51.6 Å². The lowest BCUT2D eigenvalue weighted by atomic mass is 9.77. The molecule has 1 aromatic rings. The summed E-state index contributed by atoms with van der Waals surface area (Å²) < 4.78 is 0. The highest BCUT2D eigenvalue weighted by Crippen LogP contribution is 2.33. The highest BCUT2D eigenvalue weighted by molar-refractivity contribution is 6.30. The topological polar surface area (TPSA) is 20.2 Å². The third-order valence-corrected chi connectivity index (χ3v) is 4.62. The van der Waals surface area contributed by atoms with Gasteiger partial charge in [-0.3, -0.25) is 0 Å². The van der Waals surface area contributed by atoms with Crippen LogP contribution in [-0.2, 0) is 6.42 Å². The molecule has 0 aromatic heterocycles. The van der Waals surface area contributed by atoms with E-state index in [0.29, 0.717) is 5.92 Å². The molecular formula is C16H23ClO. The molecule has 0 aliphatic heterocycles. The van der Waals surface area contributed by atoms with Crippen molar-refractivity contribution in [2.75, 3.05) is 0 Å². The van der Waals surface area contributed by atoms with Crippen LogP contribution >= 0.6 is 11.6 Å². The number of rotatable bonds is 4. The smallest absolute Gasteiger partial charge is 0.0608 e. The zero-order chi connectivity index (χ0) is 13.0. The largest absolute Gasteiger partial charge is 0.392 e. The maximum atomic E-state index is 10.3. The molecule has 1 unspecified atom stereocenters. The summed E-state index contributed by atoms with van der Waals surface area (Å²) in [7, 11) is 0. The Bertz CT molecular complexity index is 352. The number of aliphatic hydroxyl groups excluding tert-OH is 1. The van der Waals surface area contributed by atoms with Gasteiger partial charge in [0.15, 0.2) is 0 Å².